The van der Waals surface area contributed by atoms with Gasteiger partial charge in [-0.25, -0.2) is 8.42 Å². The van der Waals surface area contributed by atoms with Gasteiger partial charge < -0.3 is 10.1 Å². The van der Waals surface area contributed by atoms with Crippen LogP contribution in [-0.2, 0) is 14.8 Å². The molecule has 0 aliphatic heterocycles. The molecule has 0 fully saturated rings. The summed E-state index contributed by atoms with van der Waals surface area (Å²) in [5, 5.41) is 3.28. The lowest BCUT2D eigenvalue weighted by molar-refractivity contribution is -0.114. The molecule has 0 bridgehead atoms. The van der Waals surface area contributed by atoms with E-state index in [1.165, 1.54) is 25.3 Å². The fourth-order valence-electron chi connectivity index (χ4n) is 3.47. The molecule has 0 heterocycles. The SMILES string of the molecule is COc1ccc(S(=O)(=O)N(CC(=O)Nc2c(C)cccc2C(C)C)c2cccc(Cl)c2)cc1. The summed E-state index contributed by atoms with van der Waals surface area (Å²) in [5.41, 5.74) is 2.88. The highest BCUT2D eigenvalue weighted by Gasteiger charge is 2.28. The first-order chi connectivity index (χ1) is 15.6. The van der Waals surface area contributed by atoms with E-state index in [0.717, 1.165) is 15.4 Å². The van der Waals surface area contributed by atoms with Gasteiger partial charge in [-0.05, 0) is 66.4 Å². The average molecular weight is 487 g/mol. The number of rotatable bonds is 8. The number of methoxy groups -OCH3 is 1. The van der Waals surface area contributed by atoms with Gasteiger partial charge in [0, 0.05) is 10.7 Å². The van der Waals surface area contributed by atoms with Crippen LogP contribution in [0.3, 0.4) is 0 Å². The first-order valence-electron chi connectivity index (χ1n) is 10.4. The molecule has 3 rings (SSSR count). The summed E-state index contributed by atoms with van der Waals surface area (Å²) in [4.78, 5) is 13.2. The van der Waals surface area contributed by atoms with Crippen LogP contribution in [0, 0.1) is 6.92 Å². The van der Waals surface area contributed by atoms with Gasteiger partial charge >= 0.3 is 0 Å². The number of hydrogen-bond donors (Lipinski definition) is 1. The third kappa shape index (κ3) is 5.67. The normalized spacial score (nSPS) is 11.3. The maximum Gasteiger partial charge on any atom is 0.264 e. The molecular formula is C25H27ClN2O4S. The van der Waals surface area contributed by atoms with Crippen molar-refractivity contribution >= 4 is 38.9 Å². The minimum Gasteiger partial charge on any atom is -0.497 e. The third-order valence-corrected chi connectivity index (χ3v) is 7.25. The molecule has 33 heavy (non-hydrogen) atoms. The molecular weight excluding hydrogens is 460 g/mol. The van der Waals surface area contributed by atoms with Crippen LogP contribution in [0.1, 0.15) is 30.9 Å². The third-order valence-electron chi connectivity index (χ3n) is 5.22. The van der Waals surface area contributed by atoms with Crippen molar-refractivity contribution in [3.8, 4) is 5.75 Å². The van der Waals surface area contributed by atoms with E-state index in [-0.39, 0.29) is 10.8 Å². The maximum absolute atomic E-state index is 13.5. The van der Waals surface area contributed by atoms with Crippen molar-refractivity contribution in [2.24, 2.45) is 0 Å². The first-order valence-corrected chi connectivity index (χ1v) is 12.3. The van der Waals surface area contributed by atoms with Gasteiger partial charge in [0.15, 0.2) is 0 Å². The van der Waals surface area contributed by atoms with E-state index in [4.69, 9.17) is 16.3 Å². The number of para-hydroxylation sites is 1. The van der Waals surface area contributed by atoms with Gasteiger partial charge in [-0.1, -0.05) is 49.7 Å². The summed E-state index contributed by atoms with van der Waals surface area (Å²) in [6, 6.07) is 18.2. The second-order valence-corrected chi connectivity index (χ2v) is 10.2. The number of ether oxygens (including phenoxy) is 1. The molecule has 0 unspecified atom stereocenters. The van der Waals surface area contributed by atoms with Crippen LogP contribution in [0.15, 0.2) is 71.6 Å². The van der Waals surface area contributed by atoms with E-state index in [1.807, 2.05) is 39.0 Å². The molecule has 3 aromatic rings. The highest BCUT2D eigenvalue weighted by Crippen LogP contribution is 2.29. The van der Waals surface area contributed by atoms with Gasteiger partial charge in [0.1, 0.15) is 12.3 Å². The summed E-state index contributed by atoms with van der Waals surface area (Å²) in [7, 11) is -2.56. The number of anilines is 2. The molecule has 0 saturated heterocycles. The molecule has 0 aliphatic rings. The number of carbonyl (C=O) groups is 1. The molecule has 0 spiro atoms. The number of nitrogens with zero attached hydrogens (tertiary/aromatic N) is 1. The lowest BCUT2D eigenvalue weighted by Crippen LogP contribution is -2.38. The first kappa shape index (κ1) is 24.6. The molecule has 8 heteroatoms. The molecule has 0 saturated carbocycles. The molecule has 174 valence electrons. The highest BCUT2D eigenvalue weighted by molar-refractivity contribution is 7.92. The number of amides is 1. The topological polar surface area (TPSA) is 75.7 Å². The lowest BCUT2D eigenvalue weighted by atomic mass is 9.98. The molecule has 0 radical (unpaired) electrons. The average Bonchev–Trinajstić information content (AvgIpc) is 2.78. The molecule has 0 atom stereocenters. The van der Waals surface area contributed by atoms with E-state index in [1.54, 1.807) is 30.3 Å². The molecule has 1 N–H and O–H groups in total. The predicted octanol–water partition coefficient (Wildman–Crippen LogP) is 5.61. The smallest absolute Gasteiger partial charge is 0.264 e. The summed E-state index contributed by atoms with van der Waals surface area (Å²) in [6.45, 7) is 5.57. The van der Waals surface area contributed by atoms with Gasteiger partial charge in [0.2, 0.25) is 5.91 Å². The summed E-state index contributed by atoms with van der Waals surface area (Å²) in [6.07, 6.45) is 0. The van der Waals surface area contributed by atoms with E-state index in [2.05, 4.69) is 5.32 Å². The number of sulfonamides is 1. The Morgan fingerprint density at radius 3 is 2.33 bits per heavy atom. The Kier molecular flexibility index (Phi) is 7.66. The van der Waals surface area contributed by atoms with Crippen molar-refractivity contribution in [2.75, 3.05) is 23.3 Å². The van der Waals surface area contributed by atoms with Crippen LogP contribution < -0.4 is 14.4 Å². The van der Waals surface area contributed by atoms with Gasteiger partial charge in [-0.15, -0.1) is 0 Å². The molecule has 0 aliphatic carbocycles. The maximum atomic E-state index is 13.5. The Labute approximate surface area is 200 Å². The quantitative estimate of drug-likeness (QED) is 0.448. The lowest BCUT2D eigenvalue weighted by Gasteiger charge is -2.25. The van der Waals surface area contributed by atoms with Crippen LogP contribution in [0.25, 0.3) is 0 Å². The van der Waals surface area contributed by atoms with Crippen LogP contribution >= 0.6 is 11.6 Å². The second-order valence-electron chi connectivity index (χ2n) is 7.91. The van der Waals surface area contributed by atoms with Gasteiger partial charge in [-0.2, -0.15) is 0 Å². The van der Waals surface area contributed by atoms with Gasteiger partial charge in [0.25, 0.3) is 10.0 Å². The Hall–Kier alpha value is -3.03. The van der Waals surface area contributed by atoms with Crippen LogP contribution in [-0.4, -0.2) is 28.0 Å². The monoisotopic (exact) mass is 486 g/mol. The summed E-state index contributed by atoms with van der Waals surface area (Å²) in [5.74, 6) is 0.261. The van der Waals surface area contributed by atoms with Crippen molar-refractivity contribution < 1.29 is 17.9 Å². The van der Waals surface area contributed by atoms with E-state index >= 15 is 0 Å². The number of aryl methyl sites for hydroxylation is 1. The summed E-state index contributed by atoms with van der Waals surface area (Å²) < 4.78 is 33.3. The minimum atomic E-state index is -4.06. The minimum absolute atomic E-state index is 0.0369. The fourth-order valence-corrected chi connectivity index (χ4v) is 5.07. The molecule has 1 amide bonds. The molecule has 0 aromatic heterocycles. The molecule has 6 nitrogen and oxygen atoms in total. The van der Waals surface area contributed by atoms with Crippen molar-refractivity contribution in [1.82, 2.24) is 0 Å². The Balaban J connectivity index is 1.98. The largest absolute Gasteiger partial charge is 0.497 e. The fraction of sp³-hybridized carbons (Fsp3) is 0.240. The van der Waals surface area contributed by atoms with Crippen molar-refractivity contribution in [3.63, 3.8) is 0 Å². The highest BCUT2D eigenvalue weighted by atomic mass is 35.5. The zero-order chi connectivity index (χ0) is 24.2. The predicted molar refractivity (Wildman–Crippen MR) is 133 cm³/mol. The van der Waals surface area contributed by atoms with Crippen molar-refractivity contribution in [1.29, 1.82) is 0 Å². The zero-order valence-corrected chi connectivity index (χ0v) is 20.6. The van der Waals surface area contributed by atoms with E-state index in [0.29, 0.717) is 22.1 Å². The van der Waals surface area contributed by atoms with Crippen molar-refractivity contribution in [2.45, 2.75) is 31.6 Å². The number of benzene rings is 3. The molecule has 3 aromatic carbocycles. The van der Waals surface area contributed by atoms with Crippen molar-refractivity contribution in [3.05, 3.63) is 82.9 Å². The number of nitrogens with one attached hydrogen (secondary N) is 1. The van der Waals surface area contributed by atoms with Crippen LogP contribution in [0.4, 0.5) is 11.4 Å². The van der Waals surface area contributed by atoms with Crippen LogP contribution in [0.5, 0.6) is 5.75 Å². The van der Waals surface area contributed by atoms with E-state index in [9.17, 15) is 13.2 Å². The van der Waals surface area contributed by atoms with Gasteiger partial charge in [-0.3, -0.25) is 9.10 Å². The summed E-state index contributed by atoms with van der Waals surface area (Å²) >= 11 is 6.13. The zero-order valence-electron chi connectivity index (χ0n) is 19.0. The van der Waals surface area contributed by atoms with Crippen LogP contribution in [0.2, 0.25) is 5.02 Å². The Bertz CT molecular complexity index is 1240. The Morgan fingerprint density at radius 1 is 1.06 bits per heavy atom. The van der Waals surface area contributed by atoms with Gasteiger partial charge in [0.05, 0.1) is 17.7 Å². The Morgan fingerprint density at radius 2 is 1.73 bits per heavy atom. The number of carbonyl (C=O) groups excluding carboxylic acids is 1. The number of halogens is 1. The second kappa shape index (κ2) is 10.3. The standard InChI is InChI=1S/C25H27ClN2O4S/c1-17(2)23-10-5-7-18(3)25(23)27-24(29)16-28(20-9-6-8-19(26)15-20)33(30,31)22-13-11-21(32-4)12-14-22/h5-15,17H,16H2,1-4H3,(H,27,29). The van der Waals surface area contributed by atoms with E-state index < -0.39 is 22.5 Å². The number of hydrogen-bond acceptors (Lipinski definition) is 4.